The van der Waals surface area contributed by atoms with Gasteiger partial charge in [0.1, 0.15) is 6.29 Å². The summed E-state index contributed by atoms with van der Waals surface area (Å²) >= 11 is 0. The monoisotopic (exact) mass is 289 g/mol. The van der Waals surface area contributed by atoms with E-state index < -0.39 is 0 Å². The maximum Gasteiger partial charge on any atom is 0.226 e. The van der Waals surface area contributed by atoms with Gasteiger partial charge in [-0.1, -0.05) is 56.5 Å². The van der Waals surface area contributed by atoms with E-state index in [1.54, 1.807) is 0 Å². The molecule has 1 fully saturated rings. The van der Waals surface area contributed by atoms with E-state index in [1.165, 1.54) is 18.4 Å². The van der Waals surface area contributed by atoms with E-state index >= 15 is 0 Å². The second-order valence-electron chi connectivity index (χ2n) is 5.87. The van der Waals surface area contributed by atoms with Crippen molar-refractivity contribution in [3.05, 3.63) is 35.9 Å². The van der Waals surface area contributed by atoms with Gasteiger partial charge in [-0.2, -0.15) is 0 Å². The molecule has 3 unspecified atom stereocenters. The highest BCUT2D eigenvalue weighted by molar-refractivity contribution is 5.80. The van der Waals surface area contributed by atoms with Gasteiger partial charge >= 0.3 is 0 Å². The van der Waals surface area contributed by atoms with Gasteiger partial charge in [0.2, 0.25) is 5.91 Å². The van der Waals surface area contributed by atoms with E-state index in [2.05, 4.69) is 41.9 Å². The predicted molar refractivity (Wildman–Crippen MR) is 85.4 cm³/mol. The van der Waals surface area contributed by atoms with E-state index in [4.69, 9.17) is 0 Å². The molecule has 0 radical (unpaired) electrons. The van der Waals surface area contributed by atoms with Gasteiger partial charge in [0.05, 0.1) is 5.92 Å². The first-order valence-corrected chi connectivity index (χ1v) is 8.04. The standard InChI is InChI=1S/C17H27N3O/c1-3-4-6-11-15-13(2)19-17(20-16(15)21)18-12-14-9-7-5-8-10-14/h5,7-10,13,15,17-19H,3-4,6,11-12H2,1-2H3,(H,20,21). The fourth-order valence-electron chi connectivity index (χ4n) is 2.82. The van der Waals surface area contributed by atoms with Gasteiger partial charge in [-0.15, -0.1) is 0 Å². The Morgan fingerprint density at radius 3 is 2.62 bits per heavy atom. The SMILES string of the molecule is CCCCCC1C(=O)NC(NCc2ccccc2)NC1C. The number of unbranched alkanes of at least 4 members (excludes halogenated alkanes) is 2. The summed E-state index contributed by atoms with van der Waals surface area (Å²) in [6, 6.07) is 10.4. The molecule has 4 heteroatoms. The summed E-state index contributed by atoms with van der Waals surface area (Å²) in [7, 11) is 0. The van der Waals surface area contributed by atoms with Crippen LogP contribution in [0.2, 0.25) is 0 Å². The highest BCUT2D eigenvalue weighted by Gasteiger charge is 2.32. The van der Waals surface area contributed by atoms with Crippen LogP contribution in [0.15, 0.2) is 30.3 Å². The first kappa shape index (κ1) is 16.0. The molecule has 2 rings (SSSR count). The third-order valence-electron chi connectivity index (χ3n) is 4.13. The molecule has 0 bridgehead atoms. The second kappa shape index (κ2) is 8.15. The molecule has 1 aromatic carbocycles. The lowest BCUT2D eigenvalue weighted by molar-refractivity contribution is -0.130. The van der Waals surface area contributed by atoms with Crippen molar-refractivity contribution in [1.29, 1.82) is 0 Å². The lowest BCUT2D eigenvalue weighted by Crippen LogP contribution is -2.65. The average Bonchev–Trinajstić information content (AvgIpc) is 2.49. The molecule has 1 aromatic rings. The molecule has 116 valence electrons. The lowest BCUT2D eigenvalue weighted by Gasteiger charge is -2.36. The van der Waals surface area contributed by atoms with Crippen molar-refractivity contribution in [2.24, 2.45) is 5.92 Å². The molecule has 0 aromatic heterocycles. The van der Waals surface area contributed by atoms with Gasteiger partial charge in [-0.05, 0) is 18.9 Å². The fraction of sp³-hybridized carbons (Fsp3) is 0.588. The summed E-state index contributed by atoms with van der Waals surface area (Å²) < 4.78 is 0. The van der Waals surface area contributed by atoms with Crippen LogP contribution >= 0.6 is 0 Å². The van der Waals surface area contributed by atoms with Crippen LogP contribution in [0.3, 0.4) is 0 Å². The number of hydrogen-bond donors (Lipinski definition) is 3. The number of nitrogens with one attached hydrogen (secondary N) is 3. The molecular formula is C17H27N3O. The van der Waals surface area contributed by atoms with Crippen molar-refractivity contribution in [3.63, 3.8) is 0 Å². The normalized spacial score (nSPS) is 25.6. The van der Waals surface area contributed by atoms with E-state index in [9.17, 15) is 4.79 Å². The number of carbonyl (C=O) groups is 1. The van der Waals surface area contributed by atoms with E-state index in [-0.39, 0.29) is 24.2 Å². The molecule has 4 nitrogen and oxygen atoms in total. The largest absolute Gasteiger partial charge is 0.328 e. The van der Waals surface area contributed by atoms with Gasteiger partial charge in [-0.3, -0.25) is 15.4 Å². The predicted octanol–water partition coefficient (Wildman–Crippen LogP) is 2.36. The minimum absolute atomic E-state index is 0.0892. The van der Waals surface area contributed by atoms with Crippen molar-refractivity contribution >= 4 is 5.91 Å². The summed E-state index contributed by atoms with van der Waals surface area (Å²) in [6.45, 7) is 5.03. The van der Waals surface area contributed by atoms with Crippen LogP contribution < -0.4 is 16.0 Å². The van der Waals surface area contributed by atoms with Gasteiger partial charge in [0.15, 0.2) is 0 Å². The Morgan fingerprint density at radius 1 is 1.19 bits per heavy atom. The third-order valence-corrected chi connectivity index (χ3v) is 4.13. The van der Waals surface area contributed by atoms with Gasteiger partial charge in [0, 0.05) is 12.6 Å². The van der Waals surface area contributed by atoms with Gasteiger partial charge in [0.25, 0.3) is 0 Å². The molecule has 1 saturated heterocycles. The van der Waals surface area contributed by atoms with Crippen LogP contribution in [-0.2, 0) is 11.3 Å². The van der Waals surface area contributed by atoms with Crippen molar-refractivity contribution < 1.29 is 4.79 Å². The topological polar surface area (TPSA) is 53.2 Å². The Balaban J connectivity index is 1.79. The summed E-state index contributed by atoms with van der Waals surface area (Å²) in [5.74, 6) is 0.259. The number of benzene rings is 1. The number of hydrogen-bond acceptors (Lipinski definition) is 3. The molecule has 0 aliphatic carbocycles. The minimum Gasteiger partial charge on any atom is -0.328 e. The highest BCUT2D eigenvalue weighted by Crippen LogP contribution is 2.17. The fourth-order valence-corrected chi connectivity index (χ4v) is 2.82. The van der Waals surface area contributed by atoms with Crippen molar-refractivity contribution in [1.82, 2.24) is 16.0 Å². The smallest absolute Gasteiger partial charge is 0.226 e. The van der Waals surface area contributed by atoms with Crippen molar-refractivity contribution in [3.8, 4) is 0 Å². The van der Waals surface area contributed by atoms with Crippen LogP contribution in [0.5, 0.6) is 0 Å². The quantitative estimate of drug-likeness (QED) is 0.676. The second-order valence-corrected chi connectivity index (χ2v) is 5.87. The Labute approximate surface area is 127 Å². The molecular weight excluding hydrogens is 262 g/mol. The zero-order valence-electron chi connectivity index (χ0n) is 13.1. The zero-order valence-corrected chi connectivity index (χ0v) is 13.1. The summed E-state index contributed by atoms with van der Waals surface area (Å²) in [5.41, 5.74) is 1.21. The molecule has 3 atom stereocenters. The molecule has 1 heterocycles. The molecule has 1 amide bonds. The first-order chi connectivity index (χ1) is 10.2. The third kappa shape index (κ3) is 4.83. The van der Waals surface area contributed by atoms with Crippen LogP contribution in [0.1, 0.15) is 45.1 Å². The number of amides is 1. The highest BCUT2D eigenvalue weighted by atomic mass is 16.2. The zero-order chi connectivity index (χ0) is 15.1. The summed E-state index contributed by atoms with van der Waals surface area (Å²) in [6.07, 6.45) is 4.35. The number of rotatable bonds is 7. The van der Waals surface area contributed by atoms with E-state index in [0.717, 1.165) is 19.4 Å². The molecule has 1 aliphatic rings. The Hall–Kier alpha value is -1.39. The molecule has 21 heavy (non-hydrogen) atoms. The maximum atomic E-state index is 12.2. The van der Waals surface area contributed by atoms with Crippen LogP contribution in [-0.4, -0.2) is 18.2 Å². The number of carbonyl (C=O) groups excluding carboxylic acids is 1. The maximum absolute atomic E-state index is 12.2. The molecule has 0 saturated carbocycles. The van der Waals surface area contributed by atoms with Crippen LogP contribution in [0, 0.1) is 5.92 Å². The minimum atomic E-state index is -0.143. The summed E-state index contributed by atoms with van der Waals surface area (Å²) in [5, 5.41) is 9.83. The van der Waals surface area contributed by atoms with Crippen molar-refractivity contribution in [2.75, 3.05) is 0 Å². The Morgan fingerprint density at radius 2 is 1.95 bits per heavy atom. The molecule has 0 spiro atoms. The average molecular weight is 289 g/mol. The van der Waals surface area contributed by atoms with Crippen LogP contribution in [0.4, 0.5) is 0 Å². The van der Waals surface area contributed by atoms with E-state index in [0.29, 0.717) is 0 Å². The lowest BCUT2D eigenvalue weighted by atomic mass is 9.92. The Kier molecular flexibility index (Phi) is 6.21. The molecule has 3 N–H and O–H groups in total. The van der Waals surface area contributed by atoms with Crippen molar-refractivity contribution in [2.45, 2.75) is 58.4 Å². The first-order valence-electron chi connectivity index (χ1n) is 8.04. The van der Waals surface area contributed by atoms with Gasteiger partial charge in [-0.25, -0.2) is 0 Å². The van der Waals surface area contributed by atoms with E-state index in [1.807, 2.05) is 18.2 Å². The molecule has 1 aliphatic heterocycles. The van der Waals surface area contributed by atoms with Crippen LogP contribution in [0.25, 0.3) is 0 Å². The Bertz CT molecular complexity index is 435. The summed E-state index contributed by atoms with van der Waals surface area (Å²) in [4.78, 5) is 12.2. The van der Waals surface area contributed by atoms with Gasteiger partial charge < -0.3 is 5.32 Å².